The SMILES string of the molecule is COc1ccc(NC(=O)c2ccc(C(=O)NC3CC3)cc2)cc1. The van der Waals surface area contributed by atoms with Crippen molar-refractivity contribution in [2.24, 2.45) is 0 Å². The number of carbonyl (C=O) groups excluding carboxylic acids is 2. The van der Waals surface area contributed by atoms with Gasteiger partial charge in [-0.25, -0.2) is 0 Å². The fourth-order valence-electron chi connectivity index (χ4n) is 2.15. The Bertz CT molecular complexity index is 704. The van der Waals surface area contributed by atoms with E-state index in [4.69, 9.17) is 4.74 Å². The minimum Gasteiger partial charge on any atom is -0.497 e. The lowest BCUT2D eigenvalue weighted by atomic mass is 10.1. The standard InChI is InChI=1S/C18H18N2O3/c1-23-16-10-8-15(9-11-16)20-18(22)13-4-2-12(3-5-13)17(21)19-14-6-7-14/h2-5,8-11,14H,6-7H2,1H3,(H,19,21)(H,20,22). The van der Waals surface area contributed by atoms with Crippen LogP contribution in [0.5, 0.6) is 5.75 Å². The van der Waals surface area contributed by atoms with Gasteiger partial charge in [-0.1, -0.05) is 0 Å². The van der Waals surface area contributed by atoms with E-state index in [9.17, 15) is 9.59 Å². The molecule has 2 amide bonds. The van der Waals surface area contributed by atoms with Gasteiger partial charge in [-0.3, -0.25) is 9.59 Å². The lowest BCUT2D eigenvalue weighted by molar-refractivity contribution is 0.0949. The molecule has 0 bridgehead atoms. The molecule has 2 aromatic rings. The molecule has 0 unspecified atom stereocenters. The fourth-order valence-corrected chi connectivity index (χ4v) is 2.15. The van der Waals surface area contributed by atoms with Crippen LogP contribution in [0.4, 0.5) is 5.69 Å². The average Bonchev–Trinajstić information content (AvgIpc) is 3.39. The van der Waals surface area contributed by atoms with Crippen molar-refractivity contribution in [3.63, 3.8) is 0 Å². The Morgan fingerprint density at radius 3 is 2.00 bits per heavy atom. The molecule has 1 fully saturated rings. The van der Waals surface area contributed by atoms with Crippen molar-refractivity contribution >= 4 is 17.5 Å². The summed E-state index contributed by atoms with van der Waals surface area (Å²) in [5.74, 6) is 0.424. The van der Waals surface area contributed by atoms with Crippen LogP contribution in [0.2, 0.25) is 0 Å². The molecule has 1 saturated carbocycles. The molecule has 5 heteroatoms. The first-order chi connectivity index (χ1) is 11.2. The highest BCUT2D eigenvalue weighted by Gasteiger charge is 2.23. The summed E-state index contributed by atoms with van der Waals surface area (Å²) in [4.78, 5) is 24.1. The number of hydrogen-bond acceptors (Lipinski definition) is 3. The third kappa shape index (κ3) is 3.88. The van der Waals surface area contributed by atoms with Crippen molar-refractivity contribution < 1.29 is 14.3 Å². The van der Waals surface area contributed by atoms with E-state index in [2.05, 4.69) is 10.6 Å². The summed E-state index contributed by atoms with van der Waals surface area (Å²) in [6.07, 6.45) is 2.10. The average molecular weight is 310 g/mol. The van der Waals surface area contributed by atoms with Gasteiger partial charge in [0.15, 0.2) is 0 Å². The molecule has 0 heterocycles. The number of benzene rings is 2. The van der Waals surface area contributed by atoms with E-state index in [1.54, 1.807) is 55.6 Å². The molecule has 23 heavy (non-hydrogen) atoms. The van der Waals surface area contributed by atoms with Gasteiger partial charge in [0.1, 0.15) is 5.75 Å². The van der Waals surface area contributed by atoms with Gasteiger partial charge in [-0.05, 0) is 61.4 Å². The Balaban J connectivity index is 1.63. The van der Waals surface area contributed by atoms with Gasteiger partial charge >= 0.3 is 0 Å². The third-order valence-electron chi connectivity index (χ3n) is 3.67. The lowest BCUT2D eigenvalue weighted by Crippen LogP contribution is -2.25. The van der Waals surface area contributed by atoms with Crippen LogP contribution in [0.15, 0.2) is 48.5 Å². The molecular weight excluding hydrogens is 292 g/mol. The van der Waals surface area contributed by atoms with Gasteiger partial charge in [0.25, 0.3) is 11.8 Å². The maximum Gasteiger partial charge on any atom is 0.255 e. The Morgan fingerprint density at radius 1 is 0.913 bits per heavy atom. The Kier molecular flexibility index (Phi) is 4.28. The molecule has 0 aromatic heterocycles. The van der Waals surface area contributed by atoms with Crippen molar-refractivity contribution in [3.05, 3.63) is 59.7 Å². The molecule has 1 aliphatic carbocycles. The summed E-state index contributed by atoms with van der Waals surface area (Å²) >= 11 is 0. The Morgan fingerprint density at radius 2 is 1.48 bits per heavy atom. The van der Waals surface area contributed by atoms with Crippen LogP contribution in [0.1, 0.15) is 33.6 Å². The second kappa shape index (κ2) is 6.52. The van der Waals surface area contributed by atoms with Crippen molar-refractivity contribution in [3.8, 4) is 5.75 Å². The van der Waals surface area contributed by atoms with E-state index in [0.29, 0.717) is 22.9 Å². The highest BCUT2D eigenvalue weighted by Crippen LogP contribution is 2.19. The molecule has 1 aliphatic rings. The molecule has 0 aliphatic heterocycles. The topological polar surface area (TPSA) is 67.4 Å². The fraction of sp³-hybridized carbons (Fsp3) is 0.222. The summed E-state index contributed by atoms with van der Waals surface area (Å²) in [6, 6.07) is 14.1. The van der Waals surface area contributed by atoms with Crippen LogP contribution in [-0.2, 0) is 0 Å². The van der Waals surface area contributed by atoms with Crippen molar-refractivity contribution in [2.45, 2.75) is 18.9 Å². The zero-order valence-corrected chi connectivity index (χ0v) is 12.8. The monoisotopic (exact) mass is 310 g/mol. The summed E-state index contributed by atoms with van der Waals surface area (Å²) in [7, 11) is 1.59. The number of amides is 2. The van der Waals surface area contributed by atoms with Crippen molar-refractivity contribution in [1.29, 1.82) is 0 Å². The van der Waals surface area contributed by atoms with Gasteiger partial charge in [-0.15, -0.1) is 0 Å². The maximum atomic E-state index is 12.2. The molecule has 0 saturated heterocycles. The molecule has 2 N–H and O–H groups in total. The molecule has 2 aromatic carbocycles. The van der Waals surface area contributed by atoms with Crippen LogP contribution < -0.4 is 15.4 Å². The zero-order chi connectivity index (χ0) is 16.2. The van der Waals surface area contributed by atoms with Crippen LogP contribution in [0.25, 0.3) is 0 Å². The zero-order valence-electron chi connectivity index (χ0n) is 12.8. The van der Waals surface area contributed by atoms with Gasteiger partial charge in [-0.2, -0.15) is 0 Å². The van der Waals surface area contributed by atoms with E-state index in [1.165, 1.54) is 0 Å². The molecule has 118 valence electrons. The van der Waals surface area contributed by atoms with Crippen LogP contribution in [0, 0.1) is 0 Å². The number of nitrogens with one attached hydrogen (secondary N) is 2. The van der Waals surface area contributed by atoms with Crippen molar-refractivity contribution in [1.82, 2.24) is 5.32 Å². The van der Waals surface area contributed by atoms with E-state index in [0.717, 1.165) is 18.6 Å². The number of anilines is 1. The number of carbonyl (C=O) groups is 2. The van der Waals surface area contributed by atoms with E-state index >= 15 is 0 Å². The first-order valence-corrected chi connectivity index (χ1v) is 7.52. The smallest absolute Gasteiger partial charge is 0.255 e. The van der Waals surface area contributed by atoms with E-state index < -0.39 is 0 Å². The molecule has 0 spiro atoms. The van der Waals surface area contributed by atoms with E-state index in [1.807, 2.05) is 0 Å². The maximum absolute atomic E-state index is 12.2. The van der Waals surface area contributed by atoms with Gasteiger partial charge in [0.05, 0.1) is 7.11 Å². The molecule has 0 radical (unpaired) electrons. The Labute approximate surface area is 134 Å². The molecular formula is C18H18N2O3. The van der Waals surface area contributed by atoms with Gasteiger partial charge in [0, 0.05) is 22.9 Å². The second-order valence-electron chi connectivity index (χ2n) is 5.51. The minimum absolute atomic E-state index is 0.0883. The predicted octanol–water partition coefficient (Wildman–Crippen LogP) is 2.84. The van der Waals surface area contributed by atoms with Crippen molar-refractivity contribution in [2.75, 3.05) is 12.4 Å². The number of rotatable bonds is 5. The number of hydrogen-bond donors (Lipinski definition) is 2. The number of methoxy groups -OCH3 is 1. The second-order valence-corrected chi connectivity index (χ2v) is 5.51. The lowest BCUT2D eigenvalue weighted by Gasteiger charge is -2.07. The normalized spacial score (nSPS) is 13.3. The highest BCUT2D eigenvalue weighted by molar-refractivity contribution is 6.05. The molecule has 3 rings (SSSR count). The van der Waals surface area contributed by atoms with Gasteiger partial charge in [0.2, 0.25) is 0 Å². The summed E-state index contributed by atoms with van der Waals surface area (Å²) in [5.41, 5.74) is 1.76. The van der Waals surface area contributed by atoms with Crippen LogP contribution in [-0.4, -0.2) is 25.0 Å². The summed E-state index contributed by atoms with van der Waals surface area (Å²) < 4.78 is 5.08. The van der Waals surface area contributed by atoms with E-state index in [-0.39, 0.29) is 11.8 Å². The summed E-state index contributed by atoms with van der Waals surface area (Å²) in [6.45, 7) is 0. The third-order valence-corrected chi connectivity index (χ3v) is 3.67. The predicted molar refractivity (Wildman–Crippen MR) is 87.9 cm³/mol. The first kappa shape index (κ1) is 15.1. The van der Waals surface area contributed by atoms with Crippen LogP contribution in [0.3, 0.4) is 0 Å². The van der Waals surface area contributed by atoms with Crippen LogP contribution >= 0.6 is 0 Å². The first-order valence-electron chi connectivity index (χ1n) is 7.52. The highest BCUT2D eigenvalue weighted by atomic mass is 16.5. The quantitative estimate of drug-likeness (QED) is 0.892. The Hall–Kier alpha value is -2.82. The largest absolute Gasteiger partial charge is 0.497 e. The molecule has 0 atom stereocenters. The van der Waals surface area contributed by atoms with Gasteiger partial charge < -0.3 is 15.4 Å². The molecule has 5 nitrogen and oxygen atoms in total. The number of ether oxygens (including phenoxy) is 1. The summed E-state index contributed by atoms with van der Waals surface area (Å²) in [5, 5.41) is 5.72. The minimum atomic E-state index is -0.218.